The van der Waals surface area contributed by atoms with Gasteiger partial charge in [-0.2, -0.15) is 0 Å². The van der Waals surface area contributed by atoms with E-state index in [1.54, 1.807) is 24.3 Å². The SMILES string of the molecule is COC(=O)c1ccccc1NC(=O)NCCc1c[nH]c2ccccc12. The number of anilines is 1. The fraction of sp³-hybridized carbons (Fsp3) is 0.158. The van der Waals surface area contributed by atoms with E-state index in [1.807, 2.05) is 30.5 Å². The molecule has 0 aliphatic rings. The second-order valence-electron chi connectivity index (χ2n) is 5.53. The molecule has 0 spiro atoms. The van der Waals surface area contributed by atoms with Crippen LogP contribution in [0.2, 0.25) is 0 Å². The van der Waals surface area contributed by atoms with Crippen molar-refractivity contribution in [3.63, 3.8) is 0 Å². The molecule has 0 atom stereocenters. The second-order valence-corrected chi connectivity index (χ2v) is 5.53. The Morgan fingerprint density at radius 3 is 2.68 bits per heavy atom. The molecule has 0 radical (unpaired) electrons. The summed E-state index contributed by atoms with van der Waals surface area (Å²) in [5.74, 6) is -0.491. The minimum atomic E-state index is -0.491. The van der Waals surface area contributed by atoms with Crippen molar-refractivity contribution in [3.05, 3.63) is 65.9 Å². The van der Waals surface area contributed by atoms with Gasteiger partial charge in [0.05, 0.1) is 18.4 Å². The molecule has 0 aliphatic carbocycles. The van der Waals surface area contributed by atoms with E-state index in [-0.39, 0.29) is 6.03 Å². The lowest BCUT2D eigenvalue weighted by Crippen LogP contribution is -2.31. The van der Waals surface area contributed by atoms with Gasteiger partial charge in [0.1, 0.15) is 0 Å². The first kappa shape index (κ1) is 16.6. The highest BCUT2D eigenvalue weighted by Gasteiger charge is 2.13. The molecule has 3 aromatic rings. The van der Waals surface area contributed by atoms with E-state index in [0.717, 1.165) is 16.5 Å². The van der Waals surface area contributed by atoms with E-state index in [2.05, 4.69) is 15.6 Å². The molecule has 25 heavy (non-hydrogen) atoms. The van der Waals surface area contributed by atoms with E-state index in [1.165, 1.54) is 7.11 Å². The van der Waals surface area contributed by atoms with Crippen LogP contribution in [0.15, 0.2) is 54.7 Å². The maximum absolute atomic E-state index is 12.1. The number of rotatable bonds is 5. The highest BCUT2D eigenvalue weighted by Crippen LogP contribution is 2.18. The summed E-state index contributed by atoms with van der Waals surface area (Å²) in [7, 11) is 1.31. The number of methoxy groups -OCH3 is 1. The van der Waals surface area contributed by atoms with Crippen molar-refractivity contribution in [1.82, 2.24) is 10.3 Å². The normalized spacial score (nSPS) is 10.4. The van der Waals surface area contributed by atoms with Crippen molar-refractivity contribution in [2.24, 2.45) is 0 Å². The number of para-hydroxylation sites is 2. The number of hydrogen-bond donors (Lipinski definition) is 3. The standard InChI is InChI=1S/C19H19N3O3/c1-25-18(23)15-7-3-5-9-17(15)22-19(24)20-11-10-13-12-21-16-8-4-2-6-14(13)16/h2-9,12,21H,10-11H2,1H3,(H2,20,22,24). The van der Waals surface area contributed by atoms with Crippen molar-refractivity contribution in [2.45, 2.75) is 6.42 Å². The number of ether oxygens (including phenoxy) is 1. The smallest absolute Gasteiger partial charge is 0.339 e. The van der Waals surface area contributed by atoms with E-state index in [0.29, 0.717) is 24.2 Å². The summed E-state index contributed by atoms with van der Waals surface area (Å²) in [5.41, 5.74) is 2.95. The molecule has 0 unspecified atom stereocenters. The lowest BCUT2D eigenvalue weighted by molar-refractivity contribution is 0.0602. The third kappa shape index (κ3) is 3.80. The van der Waals surface area contributed by atoms with E-state index in [9.17, 15) is 9.59 Å². The molecule has 1 aromatic heterocycles. The van der Waals surface area contributed by atoms with Crippen LogP contribution in [0.4, 0.5) is 10.5 Å². The molecule has 0 saturated heterocycles. The van der Waals surface area contributed by atoms with Crippen molar-refractivity contribution in [3.8, 4) is 0 Å². The second kappa shape index (κ2) is 7.53. The molecule has 1 heterocycles. The summed E-state index contributed by atoms with van der Waals surface area (Å²) >= 11 is 0. The van der Waals surface area contributed by atoms with Crippen molar-refractivity contribution < 1.29 is 14.3 Å². The molecular weight excluding hydrogens is 318 g/mol. The number of H-pyrrole nitrogens is 1. The Labute approximate surface area is 145 Å². The van der Waals surface area contributed by atoms with Crippen molar-refractivity contribution in [1.29, 1.82) is 0 Å². The van der Waals surface area contributed by atoms with Crippen LogP contribution in [0.3, 0.4) is 0 Å². The summed E-state index contributed by atoms with van der Waals surface area (Å²) in [6.07, 6.45) is 2.66. The number of carbonyl (C=O) groups is 2. The number of urea groups is 1. The van der Waals surface area contributed by atoms with Gasteiger partial charge in [-0.1, -0.05) is 30.3 Å². The molecule has 0 aliphatic heterocycles. The van der Waals surface area contributed by atoms with E-state index >= 15 is 0 Å². The zero-order valence-electron chi connectivity index (χ0n) is 13.8. The number of nitrogens with one attached hydrogen (secondary N) is 3. The van der Waals surface area contributed by atoms with Gasteiger partial charge in [-0.05, 0) is 30.2 Å². The van der Waals surface area contributed by atoms with Gasteiger partial charge >= 0.3 is 12.0 Å². The van der Waals surface area contributed by atoms with Crippen LogP contribution in [0.5, 0.6) is 0 Å². The van der Waals surface area contributed by atoms with Crippen LogP contribution in [0.25, 0.3) is 10.9 Å². The molecule has 128 valence electrons. The van der Waals surface area contributed by atoms with Crippen LogP contribution < -0.4 is 10.6 Å². The molecule has 6 heteroatoms. The average molecular weight is 337 g/mol. The number of aromatic nitrogens is 1. The fourth-order valence-corrected chi connectivity index (χ4v) is 2.70. The predicted octanol–water partition coefficient (Wildman–Crippen LogP) is 3.32. The number of esters is 1. The van der Waals surface area contributed by atoms with Gasteiger partial charge in [-0.3, -0.25) is 0 Å². The van der Waals surface area contributed by atoms with Gasteiger partial charge in [-0.15, -0.1) is 0 Å². The average Bonchev–Trinajstić information content (AvgIpc) is 3.05. The number of carbonyl (C=O) groups excluding carboxylic acids is 2. The molecule has 2 amide bonds. The van der Waals surface area contributed by atoms with Crippen LogP contribution >= 0.6 is 0 Å². The van der Waals surface area contributed by atoms with E-state index < -0.39 is 5.97 Å². The molecule has 3 N–H and O–H groups in total. The Balaban J connectivity index is 1.58. The molecule has 0 saturated carbocycles. The largest absolute Gasteiger partial charge is 0.465 e. The van der Waals surface area contributed by atoms with Crippen LogP contribution in [-0.4, -0.2) is 30.6 Å². The monoisotopic (exact) mass is 337 g/mol. The Kier molecular flexibility index (Phi) is 4.99. The summed E-state index contributed by atoms with van der Waals surface area (Å²) < 4.78 is 4.72. The molecular formula is C19H19N3O3. The Bertz CT molecular complexity index is 902. The summed E-state index contributed by atoms with van der Waals surface area (Å²) in [4.78, 5) is 27.0. The molecule has 0 fully saturated rings. The Hall–Kier alpha value is -3.28. The van der Waals surface area contributed by atoms with Crippen LogP contribution in [0.1, 0.15) is 15.9 Å². The quantitative estimate of drug-likeness (QED) is 0.625. The molecule has 0 bridgehead atoms. The fourth-order valence-electron chi connectivity index (χ4n) is 2.70. The zero-order chi connectivity index (χ0) is 17.6. The topological polar surface area (TPSA) is 83.2 Å². The number of amides is 2. The lowest BCUT2D eigenvalue weighted by Gasteiger charge is -2.10. The Morgan fingerprint density at radius 1 is 1.08 bits per heavy atom. The molecule has 3 rings (SSSR count). The first-order valence-corrected chi connectivity index (χ1v) is 7.96. The van der Waals surface area contributed by atoms with Gasteiger partial charge < -0.3 is 20.4 Å². The summed E-state index contributed by atoms with van der Waals surface area (Å²) in [6, 6.07) is 14.4. The highest BCUT2D eigenvalue weighted by molar-refractivity contribution is 6.00. The van der Waals surface area contributed by atoms with E-state index in [4.69, 9.17) is 4.74 Å². The zero-order valence-corrected chi connectivity index (χ0v) is 13.8. The van der Waals surface area contributed by atoms with Gasteiger partial charge in [-0.25, -0.2) is 9.59 Å². The van der Waals surface area contributed by atoms with Crippen molar-refractivity contribution in [2.75, 3.05) is 19.0 Å². The first-order valence-electron chi connectivity index (χ1n) is 7.96. The highest BCUT2D eigenvalue weighted by atomic mass is 16.5. The maximum atomic E-state index is 12.1. The summed E-state index contributed by atoms with van der Waals surface area (Å²) in [5, 5.41) is 6.64. The van der Waals surface area contributed by atoms with Crippen LogP contribution in [-0.2, 0) is 11.2 Å². The number of fused-ring (bicyclic) bond motifs is 1. The first-order chi connectivity index (χ1) is 12.2. The molecule has 6 nitrogen and oxygen atoms in total. The maximum Gasteiger partial charge on any atom is 0.339 e. The molecule has 2 aromatic carbocycles. The third-order valence-electron chi connectivity index (χ3n) is 3.94. The number of hydrogen-bond acceptors (Lipinski definition) is 3. The van der Waals surface area contributed by atoms with Gasteiger partial charge in [0.2, 0.25) is 0 Å². The Morgan fingerprint density at radius 2 is 1.84 bits per heavy atom. The van der Waals surface area contributed by atoms with Gasteiger partial charge in [0.25, 0.3) is 0 Å². The summed E-state index contributed by atoms with van der Waals surface area (Å²) in [6.45, 7) is 0.480. The third-order valence-corrected chi connectivity index (χ3v) is 3.94. The number of aromatic amines is 1. The minimum absolute atomic E-state index is 0.316. The van der Waals surface area contributed by atoms with Crippen LogP contribution in [0, 0.1) is 0 Å². The van der Waals surface area contributed by atoms with Gasteiger partial charge in [0, 0.05) is 23.6 Å². The minimum Gasteiger partial charge on any atom is -0.465 e. The van der Waals surface area contributed by atoms with Gasteiger partial charge in [0.15, 0.2) is 0 Å². The number of benzene rings is 2. The van der Waals surface area contributed by atoms with Crippen molar-refractivity contribution >= 4 is 28.6 Å². The lowest BCUT2D eigenvalue weighted by atomic mass is 10.1. The predicted molar refractivity (Wildman–Crippen MR) is 96.8 cm³/mol.